The van der Waals surface area contributed by atoms with Crippen molar-refractivity contribution in [1.29, 1.82) is 0 Å². The molecule has 1 aromatic carbocycles. The molecular formula is C20H21F2N3O. The minimum Gasteiger partial charge on any atom is -0.357 e. The lowest BCUT2D eigenvalue weighted by Gasteiger charge is -2.51. The molecule has 0 radical (unpaired) electrons. The highest BCUT2D eigenvalue weighted by atomic mass is 19.2. The average Bonchev–Trinajstić information content (AvgIpc) is 3.33. The van der Waals surface area contributed by atoms with Crippen LogP contribution in [-0.2, 0) is 0 Å². The van der Waals surface area contributed by atoms with Crippen molar-refractivity contribution in [2.75, 3.05) is 19.6 Å². The number of benzene rings is 1. The Morgan fingerprint density at radius 3 is 2.62 bits per heavy atom. The SMILES string of the molecule is O=C(c1ccc[nH]1)N1C[C@H](c2cccc(F)c2F)[C@H]2[C@@H]1C1CCN2CC1. The lowest BCUT2D eigenvalue weighted by atomic mass is 9.75. The van der Waals surface area contributed by atoms with Crippen LogP contribution in [0.25, 0.3) is 0 Å². The summed E-state index contributed by atoms with van der Waals surface area (Å²) in [5.41, 5.74) is 0.954. The maximum atomic E-state index is 14.6. The standard InChI is InChI=1S/C20H21F2N3O/c21-15-4-1-3-13(17(15)22)14-11-25(20(26)16-5-2-8-23-16)18-12-6-9-24(10-7-12)19(14)18/h1-5,8,12,14,18-19,23H,6-7,9-11H2/t14-,18+,19+/m1/s1. The van der Waals surface area contributed by atoms with Crippen LogP contribution in [0.15, 0.2) is 36.5 Å². The maximum Gasteiger partial charge on any atom is 0.270 e. The van der Waals surface area contributed by atoms with Crippen LogP contribution in [0.4, 0.5) is 8.78 Å². The summed E-state index contributed by atoms with van der Waals surface area (Å²) >= 11 is 0. The molecule has 26 heavy (non-hydrogen) atoms. The Morgan fingerprint density at radius 2 is 1.88 bits per heavy atom. The van der Waals surface area contributed by atoms with Crippen molar-refractivity contribution in [3.8, 4) is 0 Å². The third-order valence-corrected chi connectivity index (χ3v) is 6.46. The van der Waals surface area contributed by atoms with Gasteiger partial charge in [-0.2, -0.15) is 0 Å². The zero-order valence-electron chi connectivity index (χ0n) is 14.4. The fraction of sp³-hybridized carbons (Fsp3) is 0.450. The molecule has 0 unspecified atom stereocenters. The largest absolute Gasteiger partial charge is 0.357 e. The number of piperidine rings is 3. The predicted octanol–water partition coefficient (Wildman–Crippen LogP) is 3.00. The van der Waals surface area contributed by atoms with Crippen molar-refractivity contribution < 1.29 is 13.6 Å². The highest BCUT2D eigenvalue weighted by molar-refractivity contribution is 5.93. The Labute approximate surface area is 150 Å². The van der Waals surface area contributed by atoms with Gasteiger partial charge in [0, 0.05) is 24.7 Å². The van der Waals surface area contributed by atoms with E-state index in [4.69, 9.17) is 0 Å². The summed E-state index contributed by atoms with van der Waals surface area (Å²) in [7, 11) is 0. The smallest absolute Gasteiger partial charge is 0.270 e. The zero-order valence-corrected chi connectivity index (χ0v) is 14.4. The number of rotatable bonds is 2. The number of aromatic amines is 1. The van der Waals surface area contributed by atoms with Gasteiger partial charge in [-0.15, -0.1) is 0 Å². The van der Waals surface area contributed by atoms with Crippen LogP contribution >= 0.6 is 0 Å². The van der Waals surface area contributed by atoms with Gasteiger partial charge in [-0.3, -0.25) is 9.69 Å². The molecule has 136 valence electrons. The van der Waals surface area contributed by atoms with Crippen LogP contribution in [0.5, 0.6) is 0 Å². The molecule has 6 heteroatoms. The molecule has 0 saturated carbocycles. The number of hydrogen-bond acceptors (Lipinski definition) is 2. The van der Waals surface area contributed by atoms with Crippen LogP contribution < -0.4 is 0 Å². The number of hydrogen-bond donors (Lipinski definition) is 1. The first-order valence-corrected chi connectivity index (χ1v) is 9.27. The van der Waals surface area contributed by atoms with E-state index in [0.717, 1.165) is 32.0 Å². The Morgan fingerprint density at radius 1 is 1.08 bits per heavy atom. The van der Waals surface area contributed by atoms with Gasteiger partial charge >= 0.3 is 0 Å². The summed E-state index contributed by atoms with van der Waals surface area (Å²) in [6.45, 7) is 2.38. The van der Waals surface area contributed by atoms with E-state index in [2.05, 4.69) is 9.88 Å². The fourth-order valence-electron chi connectivity index (χ4n) is 5.35. The molecule has 5 heterocycles. The van der Waals surface area contributed by atoms with E-state index in [1.54, 1.807) is 30.5 Å². The van der Waals surface area contributed by atoms with E-state index in [1.807, 2.05) is 4.90 Å². The summed E-state index contributed by atoms with van der Waals surface area (Å²) < 4.78 is 28.4. The molecule has 0 aliphatic carbocycles. The van der Waals surface area contributed by atoms with Crippen molar-refractivity contribution in [3.05, 3.63) is 59.4 Å². The second kappa shape index (κ2) is 5.91. The summed E-state index contributed by atoms with van der Waals surface area (Å²) in [4.78, 5) is 20.3. The molecule has 1 amide bonds. The molecule has 4 nitrogen and oxygen atoms in total. The van der Waals surface area contributed by atoms with Crippen LogP contribution in [0, 0.1) is 17.6 Å². The molecule has 4 aliphatic heterocycles. The molecule has 3 atom stereocenters. The molecule has 2 bridgehead atoms. The van der Waals surface area contributed by atoms with Crippen molar-refractivity contribution in [1.82, 2.24) is 14.8 Å². The number of nitrogens with zero attached hydrogens (tertiary/aromatic N) is 2. The Bertz CT molecular complexity index is 830. The minimum atomic E-state index is -0.816. The highest BCUT2D eigenvalue weighted by Crippen LogP contribution is 2.47. The van der Waals surface area contributed by atoms with Crippen LogP contribution in [0.3, 0.4) is 0 Å². The molecule has 6 rings (SSSR count). The number of H-pyrrole nitrogens is 1. The van der Waals surface area contributed by atoms with Gasteiger partial charge in [-0.05, 0) is 55.6 Å². The summed E-state index contributed by atoms with van der Waals surface area (Å²) in [5, 5.41) is 0. The topological polar surface area (TPSA) is 39.3 Å². The lowest BCUT2D eigenvalue weighted by Crippen LogP contribution is -2.60. The van der Waals surface area contributed by atoms with Crippen molar-refractivity contribution in [2.45, 2.75) is 30.8 Å². The van der Waals surface area contributed by atoms with E-state index >= 15 is 0 Å². The summed E-state index contributed by atoms with van der Waals surface area (Å²) in [6, 6.07) is 8.11. The normalized spacial score (nSPS) is 32.7. The van der Waals surface area contributed by atoms with Crippen LogP contribution in [0.1, 0.15) is 34.8 Å². The second-order valence-electron chi connectivity index (χ2n) is 7.65. The minimum absolute atomic E-state index is 0.0435. The van der Waals surface area contributed by atoms with E-state index in [0.29, 0.717) is 23.7 Å². The molecule has 2 aromatic rings. The predicted molar refractivity (Wildman–Crippen MR) is 92.8 cm³/mol. The number of likely N-dealkylation sites (tertiary alicyclic amines) is 1. The first kappa shape index (κ1) is 16.0. The van der Waals surface area contributed by atoms with E-state index < -0.39 is 11.6 Å². The third kappa shape index (κ3) is 2.24. The Hall–Kier alpha value is -2.21. The Kier molecular flexibility index (Phi) is 3.64. The number of carbonyl (C=O) groups is 1. The second-order valence-corrected chi connectivity index (χ2v) is 7.65. The van der Waals surface area contributed by atoms with Crippen molar-refractivity contribution in [2.24, 2.45) is 5.92 Å². The quantitative estimate of drug-likeness (QED) is 0.898. The molecule has 1 aromatic heterocycles. The molecule has 4 saturated heterocycles. The molecule has 1 N–H and O–H groups in total. The number of carbonyl (C=O) groups excluding carboxylic acids is 1. The van der Waals surface area contributed by atoms with Gasteiger partial charge in [0.2, 0.25) is 0 Å². The summed E-state index contributed by atoms with van der Waals surface area (Å²) in [5.74, 6) is -1.39. The first-order valence-electron chi connectivity index (χ1n) is 9.27. The third-order valence-electron chi connectivity index (χ3n) is 6.46. The number of amides is 1. The number of aromatic nitrogens is 1. The fourth-order valence-corrected chi connectivity index (χ4v) is 5.35. The van der Waals surface area contributed by atoms with Gasteiger partial charge in [-0.25, -0.2) is 8.78 Å². The van der Waals surface area contributed by atoms with Gasteiger partial charge in [0.25, 0.3) is 5.91 Å². The monoisotopic (exact) mass is 357 g/mol. The van der Waals surface area contributed by atoms with Gasteiger partial charge in [-0.1, -0.05) is 12.1 Å². The van der Waals surface area contributed by atoms with Crippen LogP contribution in [0.2, 0.25) is 0 Å². The van der Waals surface area contributed by atoms with E-state index in [1.165, 1.54) is 0 Å². The first-order chi connectivity index (χ1) is 12.6. The number of halogens is 2. The maximum absolute atomic E-state index is 14.6. The van der Waals surface area contributed by atoms with Crippen molar-refractivity contribution in [3.63, 3.8) is 0 Å². The van der Waals surface area contributed by atoms with Gasteiger partial charge in [0.15, 0.2) is 11.6 Å². The van der Waals surface area contributed by atoms with Gasteiger partial charge in [0.05, 0.1) is 6.04 Å². The molecular weight excluding hydrogens is 336 g/mol. The molecule has 4 fully saturated rings. The van der Waals surface area contributed by atoms with E-state index in [-0.39, 0.29) is 23.9 Å². The van der Waals surface area contributed by atoms with Crippen LogP contribution in [-0.4, -0.2) is 52.4 Å². The molecule has 4 aliphatic rings. The summed E-state index contributed by atoms with van der Waals surface area (Å²) in [6.07, 6.45) is 3.86. The lowest BCUT2D eigenvalue weighted by molar-refractivity contribution is -0.00374. The number of nitrogens with one attached hydrogen (secondary N) is 1. The average molecular weight is 357 g/mol. The highest BCUT2D eigenvalue weighted by Gasteiger charge is 2.55. The number of fused-ring (bicyclic) bond motifs is 2. The van der Waals surface area contributed by atoms with Gasteiger partial charge < -0.3 is 9.88 Å². The van der Waals surface area contributed by atoms with Crippen molar-refractivity contribution >= 4 is 5.91 Å². The Balaban J connectivity index is 1.57. The zero-order chi connectivity index (χ0) is 17.8. The van der Waals surface area contributed by atoms with E-state index in [9.17, 15) is 13.6 Å². The van der Waals surface area contributed by atoms with Gasteiger partial charge in [0.1, 0.15) is 5.69 Å². The molecule has 0 spiro atoms.